The molecule has 0 spiro atoms. The van der Waals surface area contributed by atoms with Crippen molar-refractivity contribution >= 4 is 30.7 Å². The third-order valence-corrected chi connectivity index (χ3v) is 3.52. The van der Waals surface area contributed by atoms with Gasteiger partial charge in [-0.15, -0.1) is 24.8 Å². The summed E-state index contributed by atoms with van der Waals surface area (Å²) in [6.45, 7) is 2.99. The molecule has 1 heterocycles. The van der Waals surface area contributed by atoms with Crippen molar-refractivity contribution in [1.82, 2.24) is 15.5 Å². The van der Waals surface area contributed by atoms with Crippen LogP contribution in [0.25, 0.3) is 0 Å². The van der Waals surface area contributed by atoms with Gasteiger partial charge in [-0.2, -0.15) is 0 Å². The molecule has 5 nitrogen and oxygen atoms in total. The minimum absolute atomic E-state index is 0. The van der Waals surface area contributed by atoms with Crippen LogP contribution in [-0.4, -0.2) is 50.7 Å². The summed E-state index contributed by atoms with van der Waals surface area (Å²) < 4.78 is 19.0. The van der Waals surface area contributed by atoms with Crippen LogP contribution in [0.3, 0.4) is 0 Å². The predicted molar refractivity (Wildman–Crippen MR) is 97.4 cm³/mol. The van der Waals surface area contributed by atoms with Crippen LogP contribution < -0.4 is 10.6 Å². The molecule has 1 aromatic rings. The zero-order chi connectivity index (χ0) is 15.9. The average Bonchev–Trinajstić information content (AvgIpc) is 2.48. The Hall–Kier alpha value is -0.920. The van der Waals surface area contributed by atoms with Gasteiger partial charge >= 0.3 is 0 Å². The molecule has 1 unspecified atom stereocenters. The van der Waals surface area contributed by atoms with E-state index in [0.29, 0.717) is 38.3 Å². The summed E-state index contributed by atoms with van der Waals surface area (Å²) in [6, 6.07) is 5.04. The van der Waals surface area contributed by atoms with Crippen molar-refractivity contribution in [2.45, 2.75) is 25.6 Å². The van der Waals surface area contributed by atoms with Crippen LogP contribution in [0.15, 0.2) is 18.2 Å². The number of benzene rings is 1. The van der Waals surface area contributed by atoms with E-state index < -0.39 is 0 Å². The number of nitrogens with zero attached hydrogens (tertiary/aromatic N) is 1. The van der Waals surface area contributed by atoms with Gasteiger partial charge in [-0.3, -0.25) is 4.79 Å². The zero-order valence-corrected chi connectivity index (χ0v) is 15.6. The van der Waals surface area contributed by atoms with Crippen LogP contribution in [0.1, 0.15) is 17.5 Å². The molecule has 1 aliphatic rings. The van der Waals surface area contributed by atoms with Gasteiger partial charge in [0.2, 0.25) is 5.91 Å². The molecule has 0 aromatic heterocycles. The molecule has 0 aliphatic carbocycles. The topological polar surface area (TPSA) is 53.6 Å². The van der Waals surface area contributed by atoms with Gasteiger partial charge in [0.25, 0.3) is 0 Å². The third-order valence-electron chi connectivity index (χ3n) is 3.52. The molecule has 0 bridgehead atoms. The highest BCUT2D eigenvalue weighted by Crippen LogP contribution is 2.12. The van der Waals surface area contributed by atoms with E-state index in [1.165, 1.54) is 6.07 Å². The van der Waals surface area contributed by atoms with E-state index >= 15 is 0 Å². The van der Waals surface area contributed by atoms with E-state index in [4.69, 9.17) is 4.74 Å². The Kier molecular flexibility index (Phi) is 11.2. The summed E-state index contributed by atoms with van der Waals surface area (Å²) >= 11 is 0. The molecule has 2 rings (SSSR count). The highest BCUT2D eigenvalue weighted by Gasteiger charge is 2.16. The fourth-order valence-corrected chi connectivity index (χ4v) is 2.45. The number of rotatable bonds is 6. The Morgan fingerprint density at radius 1 is 1.42 bits per heavy atom. The first-order chi connectivity index (χ1) is 10.5. The van der Waals surface area contributed by atoms with Crippen LogP contribution in [0.4, 0.5) is 4.39 Å². The van der Waals surface area contributed by atoms with Gasteiger partial charge < -0.3 is 20.3 Å². The molecule has 24 heavy (non-hydrogen) atoms. The van der Waals surface area contributed by atoms with Crippen LogP contribution >= 0.6 is 24.8 Å². The van der Waals surface area contributed by atoms with Crippen molar-refractivity contribution in [2.24, 2.45) is 0 Å². The van der Waals surface area contributed by atoms with Crippen LogP contribution in [-0.2, 0) is 22.6 Å². The lowest BCUT2D eigenvalue weighted by Gasteiger charge is -2.23. The first-order valence-corrected chi connectivity index (χ1v) is 7.54. The van der Waals surface area contributed by atoms with Crippen molar-refractivity contribution < 1.29 is 13.9 Å². The second kappa shape index (κ2) is 11.6. The summed E-state index contributed by atoms with van der Waals surface area (Å²) in [5.41, 5.74) is 1.54. The van der Waals surface area contributed by atoms with E-state index in [0.717, 1.165) is 12.1 Å². The fraction of sp³-hybridized carbons (Fsp3) is 0.562. The van der Waals surface area contributed by atoms with E-state index in [-0.39, 0.29) is 42.6 Å². The maximum atomic E-state index is 13.7. The summed E-state index contributed by atoms with van der Waals surface area (Å²) in [4.78, 5) is 13.8. The smallest absolute Gasteiger partial charge is 0.221 e. The zero-order valence-electron chi connectivity index (χ0n) is 14.0. The highest BCUT2D eigenvalue weighted by molar-refractivity contribution is 5.85. The van der Waals surface area contributed by atoms with Gasteiger partial charge in [0.15, 0.2) is 0 Å². The number of nitrogens with one attached hydrogen (secondary N) is 2. The van der Waals surface area contributed by atoms with Crippen molar-refractivity contribution in [3.05, 3.63) is 35.1 Å². The molecule has 0 saturated carbocycles. The van der Waals surface area contributed by atoms with Crippen molar-refractivity contribution in [3.63, 3.8) is 0 Å². The quantitative estimate of drug-likeness (QED) is 0.787. The lowest BCUT2D eigenvalue weighted by molar-refractivity contribution is -0.122. The second-order valence-electron chi connectivity index (χ2n) is 5.87. The van der Waals surface area contributed by atoms with Crippen LogP contribution in [0, 0.1) is 5.82 Å². The SMILES string of the molecule is CN(C)Cc1cc(CNC(=O)CC2COCCN2)ccc1F.Cl.Cl. The summed E-state index contributed by atoms with van der Waals surface area (Å²) in [5.74, 6) is -0.242. The summed E-state index contributed by atoms with van der Waals surface area (Å²) in [7, 11) is 3.79. The van der Waals surface area contributed by atoms with Crippen molar-refractivity contribution in [2.75, 3.05) is 33.9 Å². The van der Waals surface area contributed by atoms with E-state index in [1.54, 1.807) is 12.1 Å². The van der Waals surface area contributed by atoms with Crippen LogP contribution in [0.2, 0.25) is 0 Å². The van der Waals surface area contributed by atoms with Gasteiger partial charge in [0.05, 0.1) is 13.2 Å². The molecule has 1 amide bonds. The van der Waals surface area contributed by atoms with Gasteiger partial charge in [-0.1, -0.05) is 6.07 Å². The molecule has 1 fully saturated rings. The monoisotopic (exact) mass is 381 g/mol. The molecule has 138 valence electrons. The molecule has 1 aliphatic heterocycles. The number of ether oxygens (including phenoxy) is 1. The lowest BCUT2D eigenvalue weighted by Crippen LogP contribution is -2.44. The Morgan fingerprint density at radius 2 is 2.17 bits per heavy atom. The number of halogens is 3. The van der Waals surface area contributed by atoms with Gasteiger partial charge in [-0.25, -0.2) is 4.39 Å². The Morgan fingerprint density at radius 3 is 2.79 bits per heavy atom. The molecule has 1 saturated heterocycles. The number of amides is 1. The first-order valence-electron chi connectivity index (χ1n) is 7.54. The average molecular weight is 382 g/mol. The minimum Gasteiger partial charge on any atom is -0.378 e. The van der Waals surface area contributed by atoms with Crippen molar-refractivity contribution in [1.29, 1.82) is 0 Å². The van der Waals surface area contributed by atoms with E-state index in [9.17, 15) is 9.18 Å². The number of carbonyl (C=O) groups is 1. The predicted octanol–water partition coefficient (Wildman–Crippen LogP) is 1.73. The number of carbonyl (C=O) groups excluding carboxylic acids is 1. The van der Waals surface area contributed by atoms with Gasteiger partial charge in [-0.05, 0) is 31.8 Å². The lowest BCUT2D eigenvalue weighted by atomic mass is 10.1. The van der Waals surface area contributed by atoms with E-state index in [1.807, 2.05) is 19.0 Å². The maximum Gasteiger partial charge on any atom is 0.221 e. The Balaban J connectivity index is 0.00000264. The summed E-state index contributed by atoms with van der Waals surface area (Å²) in [5, 5.41) is 6.12. The molecule has 1 aromatic carbocycles. The molecular formula is C16H26Cl2FN3O2. The second-order valence-corrected chi connectivity index (χ2v) is 5.87. The number of hydrogen-bond acceptors (Lipinski definition) is 4. The van der Waals surface area contributed by atoms with Crippen molar-refractivity contribution in [3.8, 4) is 0 Å². The Labute approximate surface area is 155 Å². The van der Waals surface area contributed by atoms with Gasteiger partial charge in [0.1, 0.15) is 5.82 Å². The normalized spacial score (nSPS) is 16.9. The molecule has 1 atom stereocenters. The summed E-state index contributed by atoms with van der Waals surface area (Å²) in [6.07, 6.45) is 0.395. The highest BCUT2D eigenvalue weighted by atomic mass is 35.5. The number of morpholine rings is 1. The minimum atomic E-state index is -0.215. The number of hydrogen-bond donors (Lipinski definition) is 2. The molecule has 0 radical (unpaired) electrons. The van der Waals surface area contributed by atoms with Gasteiger partial charge in [0, 0.05) is 37.7 Å². The first kappa shape index (κ1) is 23.1. The maximum absolute atomic E-state index is 13.7. The molecule has 8 heteroatoms. The molecule has 2 N–H and O–H groups in total. The Bertz CT molecular complexity index is 512. The van der Waals surface area contributed by atoms with E-state index in [2.05, 4.69) is 10.6 Å². The van der Waals surface area contributed by atoms with Crippen LogP contribution in [0.5, 0.6) is 0 Å². The largest absolute Gasteiger partial charge is 0.378 e. The third kappa shape index (κ3) is 7.77. The molecular weight excluding hydrogens is 356 g/mol. The standard InChI is InChI=1S/C16H24FN3O2.2ClH/c1-20(2)10-13-7-12(3-4-15(13)17)9-19-16(21)8-14-11-22-6-5-18-14;;/h3-4,7,14,18H,5-6,8-11H2,1-2H3,(H,19,21);2*1H. The fourth-order valence-electron chi connectivity index (χ4n) is 2.45.